The molecule has 0 bridgehead atoms. The molecule has 5 heteroatoms. The first-order valence-electron chi connectivity index (χ1n) is 8.78. The molecule has 1 aromatic carbocycles. The van der Waals surface area contributed by atoms with Crippen molar-refractivity contribution < 1.29 is 4.74 Å². The molecule has 0 N–H and O–H groups in total. The van der Waals surface area contributed by atoms with Crippen molar-refractivity contribution in [2.24, 2.45) is 0 Å². The van der Waals surface area contributed by atoms with Crippen molar-refractivity contribution in [2.45, 2.75) is 46.5 Å². The Kier molecular flexibility index (Phi) is 8.95. The fourth-order valence-corrected chi connectivity index (χ4v) is 3.32. The summed E-state index contributed by atoms with van der Waals surface area (Å²) >= 11 is 5.16. The third-order valence-electron chi connectivity index (χ3n) is 4.08. The Hall–Kier alpha value is -0.780. The molecule has 0 amide bonds. The van der Waals surface area contributed by atoms with Crippen LogP contribution in [0.3, 0.4) is 0 Å². The minimum atomic E-state index is 0.0169. The molecule has 0 saturated heterocycles. The zero-order valence-corrected chi connectivity index (χ0v) is 16.2. The lowest BCUT2D eigenvalue weighted by Crippen LogP contribution is -2.34. The smallest absolute Gasteiger partial charge is 0.220 e. The topological polar surface area (TPSA) is 32.8 Å². The number of hydrogen-bond donors (Lipinski definition) is 0. The maximum Gasteiger partial charge on any atom is 0.220 e. The molecule has 0 saturated carbocycles. The van der Waals surface area contributed by atoms with Gasteiger partial charge in [0.1, 0.15) is 0 Å². The normalized spacial score (nSPS) is 11.8. The fourth-order valence-electron chi connectivity index (χ4n) is 2.89. The van der Waals surface area contributed by atoms with Gasteiger partial charge in [0, 0.05) is 25.7 Å². The van der Waals surface area contributed by atoms with Crippen LogP contribution in [0.4, 0.5) is 5.69 Å². The molecule has 0 aliphatic carbocycles. The third-order valence-corrected chi connectivity index (χ3v) is 4.49. The molecule has 0 heterocycles. The van der Waals surface area contributed by atoms with Crippen molar-refractivity contribution in [3.63, 3.8) is 0 Å². The van der Waals surface area contributed by atoms with E-state index in [9.17, 15) is 4.79 Å². The van der Waals surface area contributed by atoms with Gasteiger partial charge in [0.25, 0.3) is 0 Å². The van der Waals surface area contributed by atoms with Gasteiger partial charge in [0.15, 0.2) is 0 Å². The lowest BCUT2D eigenvalue weighted by atomic mass is 9.96. The Morgan fingerprint density at radius 2 is 1.61 bits per heavy atom. The molecular formula is C18H32N2O2S. The van der Waals surface area contributed by atoms with Crippen LogP contribution in [0.2, 0.25) is 0 Å². The molecule has 0 unspecified atom stereocenters. The number of hydrogen-bond acceptors (Lipinski definition) is 5. The van der Waals surface area contributed by atoms with E-state index in [4.69, 9.17) is 17.0 Å². The van der Waals surface area contributed by atoms with Crippen LogP contribution in [0.1, 0.15) is 52.0 Å². The van der Waals surface area contributed by atoms with Crippen LogP contribution in [0.25, 0.3) is 0 Å². The molecule has 0 radical (unpaired) electrons. The molecule has 0 aliphatic rings. The van der Waals surface area contributed by atoms with Gasteiger partial charge in [-0.05, 0) is 31.8 Å². The molecule has 1 rings (SSSR count). The first-order valence-corrected chi connectivity index (χ1v) is 9.19. The average molecular weight is 341 g/mol. The molecule has 0 aliphatic heterocycles. The second-order valence-electron chi connectivity index (χ2n) is 6.45. The van der Waals surface area contributed by atoms with Crippen LogP contribution in [0, 0.1) is 4.51 Å². The van der Waals surface area contributed by atoms with Crippen LogP contribution in [0.15, 0.2) is 4.79 Å². The Balaban J connectivity index is 2.35. The van der Waals surface area contributed by atoms with Crippen LogP contribution in [0.5, 0.6) is 0 Å². The predicted octanol–water partition coefficient (Wildman–Crippen LogP) is 3.35. The molecular weight excluding hydrogens is 308 g/mol. The quantitative estimate of drug-likeness (QED) is 0.430. The van der Waals surface area contributed by atoms with E-state index in [0.717, 1.165) is 44.0 Å². The summed E-state index contributed by atoms with van der Waals surface area (Å²) in [6, 6.07) is 0. The van der Waals surface area contributed by atoms with Crippen molar-refractivity contribution in [1.82, 2.24) is 4.90 Å². The third kappa shape index (κ3) is 5.66. The molecule has 4 nitrogen and oxygen atoms in total. The monoisotopic (exact) mass is 340 g/mol. The van der Waals surface area contributed by atoms with Gasteiger partial charge in [0.05, 0.1) is 23.4 Å². The van der Waals surface area contributed by atoms with Gasteiger partial charge in [-0.3, -0.25) is 4.79 Å². The van der Waals surface area contributed by atoms with Crippen LogP contribution in [-0.4, -0.2) is 51.3 Å². The maximum atomic E-state index is 12.0. The zero-order chi connectivity index (χ0) is 17.4. The SMILES string of the molecule is CCCN(CCC)CCOCCN(C)c1c(C(C)C)c(=S)c1=O. The van der Waals surface area contributed by atoms with Crippen molar-refractivity contribution >= 4 is 17.9 Å². The first kappa shape index (κ1) is 20.3. The lowest BCUT2D eigenvalue weighted by molar-refractivity contribution is 0.108. The van der Waals surface area contributed by atoms with Crippen LogP contribution < -0.4 is 10.3 Å². The van der Waals surface area contributed by atoms with E-state index in [1.54, 1.807) is 0 Å². The standard InChI is InChI=1S/C18H32N2O2S/c1-6-8-20(9-7-2)11-13-22-12-10-19(5)16-15(14(3)4)18(23)17(16)21/h14H,6-13H2,1-5H3. The van der Waals surface area contributed by atoms with Gasteiger partial charge < -0.3 is 14.5 Å². The van der Waals surface area contributed by atoms with Crippen molar-refractivity contribution in [3.8, 4) is 0 Å². The number of anilines is 1. The van der Waals surface area contributed by atoms with Gasteiger partial charge in [-0.2, -0.15) is 0 Å². The van der Waals surface area contributed by atoms with Crippen molar-refractivity contribution in [3.05, 3.63) is 20.3 Å². The number of rotatable bonds is 12. The van der Waals surface area contributed by atoms with Crippen molar-refractivity contribution in [2.75, 3.05) is 51.3 Å². The van der Waals surface area contributed by atoms with Crippen LogP contribution in [-0.2, 0) is 4.74 Å². The summed E-state index contributed by atoms with van der Waals surface area (Å²) < 4.78 is 6.27. The van der Waals surface area contributed by atoms with E-state index in [1.807, 2.05) is 11.9 Å². The van der Waals surface area contributed by atoms with Gasteiger partial charge in [-0.1, -0.05) is 39.9 Å². The largest absolute Gasteiger partial charge is 0.378 e. The summed E-state index contributed by atoms with van der Waals surface area (Å²) in [5.41, 5.74) is 1.83. The molecule has 1 aromatic rings. The van der Waals surface area contributed by atoms with E-state index in [-0.39, 0.29) is 5.43 Å². The van der Waals surface area contributed by atoms with Crippen LogP contribution >= 0.6 is 12.2 Å². The van der Waals surface area contributed by atoms with Gasteiger partial charge in [-0.25, -0.2) is 0 Å². The number of likely N-dealkylation sites (N-methyl/N-ethyl adjacent to an activating group) is 1. The molecule has 0 spiro atoms. The summed E-state index contributed by atoms with van der Waals surface area (Å²) in [4.78, 5) is 16.4. The highest BCUT2D eigenvalue weighted by Crippen LogP contribution is 2.27. The highest BCUT2D eigenvalue weighted by atomic mass is 32.1. The Labute approximate surface area is 146 Å². The van der Waals surface area contributed by atoms with E-state index in [2.05, 4.69) is 32.6 Å². The highest BCUT2D eigenvalue weighted by molar-refractivity contribution is 7.71. The van der Waals surface area contributed by atoms with E-state index >= 15 is 0 Å². The minimum Gasteiger partial charge on any atom is -0.378 e. The lowest BCUT2D eigenvalue weighted by Gasteiger charge is -2.26. The second kappa shape index (κ2) is 10.2. The van der Waals surface area contributed by atoms with E-state index in [0.29, 0.717) is 17.0 Å². The Morgan fingerprint density at radius 3 is 2.13 bits per heavy atom. The van der Waals surface area contributed by atoms with Gasteiger partial charge >= 0.3 is 0 Å². The number of nitrogens with zero attached hydrogens (tertiary/aromatic N) is 2. The molecule has 23 heavy (non-hydrogen) atoms. The number of ether oxygens (including phenoxy) is 1. The summed E-state index contributed by atoms with van der Waals surface area (Å²) in [5, 5.41) is 0. The average Bonchev–Trinajstić information content (AvgIpc) is 2.50. The first-order chi connectivity index (χ1) is 10.9. The molecule has 0 fully saturated rings. The predicted molar refractivity (Wildman–Crippen MR) is 101 cm³/mol. The van der Waals surface area contributed by atoms with Crippen molar-refractivity contribution in [1.29, 1.82) is 0 Å². The minimum absolute atomic E-state index is 0.0169. The summed E-state index contributed by atoms with van der Waals surface area (Å²) in [5.74, 6) is 0.301. The Bertz CT molecular complexity index is 529. The molecule has 0 aromatic heterocycles. The van der Waals surface area contributed by atoms with E-state index < -0.39 is 0 Å². The highest BCUT2D eigenvalue weighted by Gasteiger charge is 2.22. The molecule has 0 atom stereocenters. The summed E-state index contributed by atoms with van der Waals surface area (Å²) in [6.07, 6.45) is 2.35. The van der Waals surface area contributed by atoms with Gasteiger partial charge in [-0.15, -0.1) is 0 Å². The second-order valence-corrected chi connectivity index (χ2v) is 6.86. The fraction of sp³-hybridized carbons (Fsp3) is 0.778. The Morgan fingerprint density at radius 1 is 1.04 bits per heavy atom. The zero-order valence-electron chi connectivity index (χ0n) is 15.4. The van der Waals surface area contributed by atoms with Gasteiger partial charge in [0.2, 0.25) is 5.43 Å². The molecule has 132 valence electrons. The summed E-state index contributed by atoms with van der Waals surface area (Å²) in [6.45, 7) is 13.9. The maximum absolute atomic E-state index is 12.0. The van der Waals surface area contributed by atoms with E-state index in [1.165, 1.54) is 12.8 Å². The summed E-state index contributed by atoms with van der Waals surface area (Å²) in [7, 11) is 1.95.